The molecular weight excluding hydrogens is 426 g/mol. The summed E-state index contributed by atoms with van der Waals surface area (Å²) in [6.07, 6.45) is 3.62. The fraction of sp³-hybridized carbons (Fsp3) is 0.200. The van der Waals surface area contributed by atoms with E-state index >= 15 is 0 Å². The zero-order valence-corrected chi connectivity index (χ0v) is 17.7. The molecule has 168 valence electrons. The van der Waals surface area contributed by atoms with Gasteiger partial charge in [-0.05, 0) is 42.5 Å². The number of aromatic nitrogens is 2. The molecule has 33 heavy (non-hydrogen) atoms. The van der Waals surface area contributed by atoms with Crippen LogP contribution in [-0.2, 0) is 19.6 Å². The molecule has 0 saturated heterocycles. The molecule has 4 heterocycles. The van der Waals surface area contributed by atoms with Gasteiger partial charge in [-0.15, -0.1) is 0 Å². The van der Waals surface area contributed by atoms with Crippen LogP contribution in [0.5, 0.6) is 0 Å². The van der Waals surface area contributed by atoms with E-state index in [1.807, 2.05) is 36.5 Å². The Bertz CT molecular complexity index is 1270. The second kappa shape index (κ2) is 8.99. The van der Waals surface area contributed by atoms with Gasteiger partial charge >= 0.3 is 0 Å². The molecule has 4 aromatic rings. The minimum Gasteiger partial charge on any atom is -0.455 e. The molecule has 0 radical (unpaired) electrons. The van der Waals surface area contributed by atoms with Crippen molar-refractivity contribution in [1.82, 2.24) is 19.8 Å². The van der Waals surface area contributed by atoms with Crippen molar-refractivity contribution in [2.24, 2.45) is 0 Å². The van der Waals surface area contributed by atoms with Gasteiger partial charge in [-0.2, -0.15) is 0 Å². The van der Waals surface area contributed by atoms with Gasteiger partial charge in [0.15, 0.2) is 5.76 Å². The second-order valence-corrected chi connectivity index (χ2v) is 7.94. The fourth-order valence-corrected chi connectivity index (χ4v) is 4.23. The van der Waals surface area contributed by atoms with Crippen LogP contribution >= 0.6 is 0 Å². The van der Waals surface area contributed by atoms with Gasteiger partial charge in [0.25, 0.3) is 5.91 Å². The van der Waals surface area contributed by atoms with Crippen LogP contribution in [0.2, 0.25) is 0 Å². The molecule has 0 spiro atoms. The molecule has 1 N–H and O–H groups in total. The molecule has 1 aromatic carbocycles. The Morgan fingerprint density at radius 3 is 2.82 bits per heavy atom. The first-order valence-electron chi connectivity index (χ1n) is 10.7. The molecule has 6 nitrogen and oxygen atoms in total. The van der Waals surface area contributed by atoms with E-state index in [9.17, 15) is 13.6 Å². The standard InChI is InChI=1S/C25H22F2N4O2/c26-17-6-8-20(21(27)14-17)24-22-5-3-11-30(22)12-13-31(24)16-19-7-9-23(33-19)25(32)29-15-18-4-1-2-10-28-18/h1-11,14,24H,12-13,15-16H2,(H,29,32). The van der Waals surface area contributed by atoms with Gasteiger partial charge in [0.05, 0.1) is 24.8 Å². The Balaban J connectivity index is 1.34. The molecule has 1 aliphatic rings. The number of pyridine rings is 1. The lowest BCUT2D eigenvalue weighted by molar-refractivity contribution is 0.0916. The molecule has 1 atom stereocenters. The van der Waals surface area contributed by atoms with E-state index < -0.39 is 17.7 Å². The largest absolute Gasteiger partial charge is 0.455 e. The Hall–Kier alpha value is -3.78. The number of rotatable bonds is 6. The summed E-state index contributed by atoms with van der Waals surface area (Å²) in [4.78, 5) is 18.7. The first-order chi connectivity index (χ1) is 16.1. The molecule has 0 fully saturated rings. The lowest BCUT2D eigenvalue weighted by Gasteiger charge is -2.37. The molecule has 5 rings (SSSR count). The average molecular weight is 448 g/mol. The van der Waals surface area contributed by atoms with Crippen molar-refractivity contribution in [3.05, 3.63) is 113 Å². The first kappa shape index (κ1) is 21.1. The van der Waals surface area contributed by atoms with Crippen LogP contribution in [0.4, 0.5) is 8.78 Å². The van der Waals surface area contributed by atoms with Crippen molar-refractivity contribution in [3.63, 3.8) is 0 Å². The van der Waals surface area contributed by atoms with Crippen molar-refractivity contribution in [2.75, 3.05) is 6.54 Å². The van der Waals surface area contributed by atoms with E-state index in [0.717, 1.165) is 24.0 Å². The van der Waals surface area contributed by atoms with E-state index in [2.05, 4.69) is 19.8 Å². The van der Waals surface area contributed by atoms with E-state index in [4.69, 9.17) is 4.42 Å². The third-order valence-corrected chi connectivity index (χ3v) is 5.80. The monoisotopic (exact) mass is 448 g/mol. The maximum Gasteiger partial charge on any atom is 0.287 e. The van der Waals surface area contributed by atoms with Crippen molar-refractivity contribution in [2.45, 2.75) is 25.7 Å². The Kier molecular flexibility index (Phi) is 5.75. The van der Waals surface area contributed by atoms with Gasteiger partial charge in [0, 0.05) is 42.8 Å². The molecule has 1 aliphatic heterocycles. The van der Waals surface area contributed by atoms with Gasteiger partial charge in [-0.25, -0.2) is 8.78 Å². The molecule has 8 heteroatoms. The number of nitrogens with one attached hydrogen (secondary N) is 1. The highest BCUT2D eigenvalue weighted by Gasteiger charge is 2.31. The van der Waals surface area contributed by atoms with Crippen LogP contribution in [0.3, 0.4) is 0 Å². The van der Waals surface area contributed by atoms with Gasteiger partial charge in [-0.3, -0.25) is 14.7 Å². The highest BCUT2D eigenvalue weighted by Crippen LogP contribution is 2.35. The van der Waals surface area contributed by atoms with Crippen molar-refractivity contribution < 1.29 is 18.0 Å². The normalized spacial score (nSPS) is 15.9. The number of hydrogen-bond acceptors (Lipinski definition) is 4. The van der Waals surface area contributed by atoms with Gasteiger partial charge in [-0.1, -0.05) is 12.1 Å². The number of halogens is 2. The van der Waals surface area contributed by atoms with Gasteiger partial charge in [0.2, 0.25) is 0 Å². The fourth-order valence-electron chi connectivity index (χ4n) is 4.23. The minimum absolute atomic E-state index is 0.200. The lowest BCUT2D eigenvalue weighted by Crippen LogP contribution is -2.38. The molecule has 0 bridgehead atoms. The molecule has 0 saturated carbocycles. The van der Waals surface area contributed by atoms with E-state index in [-0.39, 0.29) is 11.7 Å². The summed E-state index contributed by atoms with van der Waals surface area (Å²) in [5, 5.41) is 2.79. The zero-order chi connectivity index (χ0) is 22.8. The predicted molar refractivity (Wildman–Crippen MR) is 117 cm³/mol. The van der Waals surface area contributed by atoms with Crippen LogP contribution in [0.1, 0.15) is 39.3 Å². The summed E-state index contributed by atoms with van der Waals surface area (Å²) >= 11 is 0. The number of furan rings is 1. The summed E-state index contributed by atoms with van der Waals surface area (Å²) in [5.41, 5.74) is 2.07. The third kappa shape index (κ3) is 4.42. The lowest BCUT2D eigenvalue weighted by atomic mass is 9.99. The van der Waals surface area contributed by atoms with Gasteiger partial charge in [0.1, 0.15) is 17.4 Å². The van der Waals surface area contributed by atoms with Crippen molar-refractivity contribution in [1.29, 1.82) is 0 Å². The summed E-state index contributed by atoms with van der Waals surface area (Å²) < 4.78 is 36.1. The number of carbonyl (C=O) groups is 1. The van der Waals surface area contributed by atoms with Crippen LogP contribution < -0.4 is 5.32 Å². The van der Waals surface area contributed by atoms with Crippen LogP contribution in [0.15, 0.2) is 77.5 Å². The number of amides is 1. The number of benzene rings is 1. The third-order valence-electron chi connectivity index (χ3n) is 5.80. The minimum atomic E-state index is -0.610. The molecule has 1 unspecified atom stereocenters. The Morgan fingerprint density at radius 1 is 1.09 bits per heavy atom. The quantitative estimate of drug-likeness (QED) is 0.478. The highest BCUT2D eigenvalue weighted by molar-refractivity contribution is 5.91. The Labute approximate surface area is 189 Å². The summed E-state index contributed by atoms with van der Waals surface area (Å²) in [5.74, 6) is -0.744. The van der Waals surface area contributed by atoms with E-state index in [1.54, 1.807) is 18.3 Å². The number of carbonyl (C=O) groups excluding carboxylic acids is 1. The van der Waals surface area contributed by atoms with E-state index in [0.29, 0.717) is 31.0 Å². The van der Waals surface area contributed by atoms with Crippen LogP contribution in [0.25, 0.3) is 0 Å². The topological polar surface area (TPSA) is 63.3 Å². The van der Waals surface area contributed by atoms with Crippen molar-refractivity contribution >= 4 is 5.91 Å². The molecular formula is C25H22F2N4O2. The Morgan fingerprint density at radius 2 is 2.00 bits per heavy atom. The average Bonchev–Trinajstić information content (AvgIpc) is 3.48. The SMILES string of the molecule is O=C(NCc1ccccn1)c1ccc(CN2CCn3cccc3C2c2ccc(F)cc2F)o1. The van der Waals surface area contributed by atoms with Crippen LogP contribution in [0, 0.1) is 11.6 Å². The predicted octanol–water partition coefficient (Wildman–Crippen LogP) is 4.29. The maximum atomic E-state index is 14.7. The zero-order valence-electron chi connectivity index (χ0n) is 17.7. The summed E-state index contributed by atoms with van der Waals surface area (Å²) in [7, 11) is 0. The molecule has 0 aliphatic carbocycles. The molecule has 3 aromatic heterocycles. The number of hydrogen-bond donors (Lipinski definition) is 1. The van der Waals surface area contributed by atoms with E-state index in [1.165, 1.54) is 12.1 Å². The number of nitrogens with zero attached hydrogens (tertiary/aromatic N) is 3. The summed E-state index contributed by atoms with van der Waals surface area (Å²) in [6, 6.07) is 16.0. The maximum absolute atomic E-state index is 14.7. The smallest absolute Gasteiger partial charge is 0.287 e. The molecule has 1 amide bonds. The van der Waals surface area contributed by atoms with Crippen LogP contribution in [-0.4, -0.2) is 26.9 Å². The summed E-state index contributed by atoms with van der Waals surface area (Å²) in [6.45, 7) is 2.05. The number of fused-ring (bicyclic) bond motifs is 1. The highest BCUT2D eigenvalue weighted by atomic mass is 19.1. The van der Waals surface area contributed by atoms with Gasteiger partial charge < -0.3 is 14.3 Å². The van der Waals surface area contributed by atoms with Crippen molar-refractivity contribution in [3.8, 4) is 0 Å². The first-order valence-corrected chi connectivity index (χ1v) is 10.7. The second-order valence-electron chi connectivity index (χ2n) is 7.94.